The zero-order valence-electron chi connectivity index (χ0n) is 14.7. The van der Waals surface area contributed by atoms with Crippen molar-refractivity contribution in [3.63, 3.8) is 0 Å². The average Bonchev–Trinajstić information content (AvgIpc) is 2.58. The quantitative estimate of drug-likeness (QED) is 0.829. The molecule has 1 aliphatic carbocycles. The SMILES string of the molecule is CC1(C)C2OCCCC2C1(N)C(=O)NCc1ccc(C(F)(F)F)cc1.Cl. The first-order valence-electron chi connectivity index (χ1n) is 8.43. The fourth-order valence-electron chi connectivity index (χ4n) is 4.18. The molecular weight excluding hydrogens is 369 g/mol. The zero-order valence-corrected chi connectivity index (χ0v) is 15.5. The Morgan fingerprint density at radius 3 is 2.50 bits per heavy atom. The van der Waals surface area contributed by atoms with E-state index in [0.717, 1.165) is 25.0 Å². The predicted molar refractivity (Wildman–Crippen MR) is 93.7 cm³/mol. The van der Waals surface area contributed by atoms with E-state index in [1.807, 2.05) is 13.8 Å². The minimum Gasteiger partial charge on any atom is -0.377 e. The van der Waals surface area contributed by atoms with Gasteiger partial charge in [0.2, 0.25) is 5.91 Å². The summed E-state index contributed by atoms with van der Waals surface area (Å²) in [6, 6.07) is 4.76. The Labute approximate surface area is 157 Å². The first-order chi connectivity index (χ1) is 11.6. The summed E-state index contributed by atoms with van der Waals surface area (Å²) in [7, 11) is 0. The Morgan fingerprint density at radius 1 is 1.31 bits per heavy atom. The molecule has 3 N–H and O–H groups in total. The van der Waals surface area contributed by atoms with Crippen LogP contribution in [0.3, 0.4) is 0 Å². The number of fused-ring (bicyclic) bond motifs is 1. The van der Waals surface area contributed by atoms with E-state index in [9.17, 15) is 18.0 Å². The molecule has 2 fully saturated rings. The third kappa shape index (κ3) is 3.21. The highest BCUT2D eigenvalue weighted by molar-refractivity contribution is 5.89. The molecule has 0 spiro atoms. The minimum atomic E-state index is -4.37. The van der Waals surface area contributed by atoms with Crippen LogP contribution in [0.1, 0.15) is 37.8 Å². The van der Waals surface area contributed by atoms with E-state index in [1.54, 1.807) is 0 Å². The van der Waals surface area contributed by atoms with Gasteiger partial charge < -0.3 is 15.8 Å². The largest absolute Gasteiger partial charge is 0.416 e. The van der Waals surface area contributed by atoms with Crippen LogP contribution in [-0.4, -0.2) is 24.2 Å². The Bertz CT molecular complexity index is 663. The number of carbonyl (C=O) groups is 1. The van der Waals surface area contributed by atoms with Crippen LogP contribution >= 0.6 is 12.4 Å². The summed E-state index contributed by atoms with van der Waals surface area (Å²) >= 11 is 0. The zero-order chi connectivity index (χ0) is 18.5. The molecule has 1 aromatic rings. The van der Waals surface area contributed by atoms with Gasteiger partial charge in [0.15, 0.2) is 0 Å². The van der Waals surface area contributed by atoms with Crippen molar-refractivity contribution in [3.05, 3.63) is 35.4 Å². The number of ether oxygens (including phenoxy) is 1. The van der Waals surface area contributed by atoms with Gasteiger partial charge in [-0.3, -0.25) is 4.79 Å². The van der Waals surface area contributed by atoms with E-state index in [4.69, 9.17) is 10.5 Å². The van der Waals surface area contributed by atoms with Crippen LogP contribution in [0.25, 0.3) is 0 Å². The predicted octanol–water partition coefficient (Wildman–Crippen LogP) is 3.28. The van der Waals surface area contributed by atoms with Gasteiger partial charge in [0, 0.05) is 24.5 Å². The molecule has 3 rings (SSSR count). The molecule has 3 unspecified atom stereocenters. The molecule has 0 radical (unpaired) electrons. The first-order valence-corrected chi connectivity index (χ1v) is 8.43. The number of amides is 1. The van der Waals surface area contributed by atoms with Gasteiger partial charge in [-0.1, -0.05) is 26.0 Å². The molecule has 1 saturated heterocycles. The van der Waals surface area contributed by atoms with Crippen molar-refractivity contribution in [2.24, 2.45) is 17.1 Å². The van der Waals surface area contributed by atoms with Gasteiger partial charge in [-0.2, -0.15) is 13.2 Å². The van der Waals surface area contributed by atoms with Crippen LogP contribution < -0.4 is 11.1 Å². The number of hydrogen-bond donors (Lipinski definition) is 2. The Morgan fingerprint density at radius 2 is 1.92 bits per heavy atom. The second-order valence-electron chi connectivity index (χ2n) is 7.51. The van der Waals surface area contributed by atoms with Crippen LogP contribution in [0.4, 0.5) is 13.2 Å². The molecule has 26 heavy (non-hydrogen) atoms. The van der Waals surface area contributed by atoms with Crippen LogP contribution in [-0.2, 0) is 22.3 Å². The number of benzene rings is 1. The normalized spacial score (nSPS) is 29.8. The minimum absolute atomic E-state index is 0. The smallest absolute Gasteiger partial charge is 0.377 e. The number of nitrogens with two attached hydrogens (primary N) is 1. The van der Waals surface area contributed by atoms with Crippen molar-refractivity contribution in [3.8, 4) is 0 Å². The van der Waals surface area contributed by atoms with Crippen LogP contribution in [0.2, 0.25) is 0 Å². The Hall–Kier alpha value is -1.31. The topological polar surface area (TPSA) is 64.3 Å². The van der Waals surface area contributed by atoms with Crippen molar-refractivity contribution < 1.29 is 22.7 Å². The highest BCUT2D eigenvalue weighted by atomic mass is 35.5. The lowest BCUT2D eigenvalue weighted by Crippen LogP contribution is -2.82. The summed E-state index contributed by atoms with van der Waals surface area (Å²) in [6.07, 6.45) is -2.67. The van der Waals surface area contributed by atoms with E-state index in [-0.39, 0.29) is 36.9 Å². The van der Waals surface area contributed by atoms with E-state index >= 15 is 0 Å². The maximum Gasteiger partial charge on any atom is 0.416 e. The van der Waals surface area contributed by atoms with Crippen molar-refractivity contribution in [1.29, 1.82) is 0 Å². The molecule has 146 valence electrons. The van der Waals surface area contributed by atoms with Gasteiger partial charge in [0.1, 0.15) is 5.54 Å². The molecule has 2 aliphatic rings. The van der Waals surface area contributed by atoms with Crippen molar-refractivity contribution in [2.75, 3.05) is 6.61 Å². The maximum atomic E-state index is 12.7. The molecule has 8 heteroatoms. The third-order valence-electron chi connectivity index (χ3n) is 5.79. The van der Waals surface area contributed by atoms with Gasteiger partial charge in [-0.25, -0.2) is 0 Å². The summed E-state index contributed by atoms with van der Waals surface area (Å²) in [6.45, 7) is 4.69. The molecule has 1 heterocycles. The molecule has 0 aromatic heterocycles. The van der Waals surface area contributed by atoms with Crippen molar-refractivity contribution in [1.82, 2.24) is 5.32 Å². The first kappa shape index (κ1) is 21.0. The molecule has 1 amide bonds. The lowest BCUT2D eigenvalue weighted by atomic mass is 9.46. The molecule has 3 atom stereocenters. The fourth-order valence-corrected chi connectivity index (χ4v) is 4.18. The standard InChI is InChI=1S/C18H23F3N2O2.ClH/c1-16(2)14-13(4-3-9-25-14)17(16,22)15(24)23-10-11-5-7-12(8-6-11)18(19,20)21;/h5-8,13-14H,3-4,9-10,22H2,1-2H3,(H,23,24);1H. The number of carbonyl (C=O) groups excluding carboxylic acids is 1. The maximum absolute atomic E-state index is 12.7. The van der Waals surface area contributed by atoms with E-state index < -0.39 is 22.7 Å². The second-order valence-corrected chi connectivity index (χ2v) is 7.51. The number of halogens is 4. The Kier molecular flexibility index (Phi) is 5.67. The summed E-state index contributed by atoms with van der Waals surface area (Å²) in [4.78, 5) is 12.7. The second kappa shape index (κ2) is 7.02. The average molecular weight is 393 g/mol. The number of hydrogen-bond acceptors (Lipinski definition) is 3. The number of rotatable bonds is 3. The van der Waals surface area contributed by atoms with Crippen LogP contribution in [0.15, 0.2) is 24.3 Å². The van der Waals surface area contributed by atoms with E-state index in [1.165, 1.54) is 12.1 Å². The van der Waals surface area contributed by atoms with E-state index in [0.29, 0.717) is 12.2 Å². The number of alkyl halides is 3. The third-order valence-corrected chi connectivity index (χ3v) is 5.79. The van der Waals surface area contributed by atoms with E-state index in [2.05, 4.69) is 5.32 Å². The molecular formula is C18H24ClF3N2O2. The number of nitrogens with one attached hydrogen (secondary N) is 1. The van der Waals surface area contributed by atoms with Crippen molar-refractivity contribution >= 4 is 18.3 Å². The Balaban J connectivity index is 0.00000243. The summed E-state index contributed by atoms with van der Waals surface area (Å²) in [5.41, 5.74) is 4.86. The van der Waals surface area contributed by atoms with Crippen molar-refractivity contribution in [2.45, 2.75) is 51.1 Å². The summed E-state index contributed by atoms with van der Waals surface area (Å²) in [5, 5.41) is 2.79. The molecule has 4 nitrogen and oxygen atoms in total. The molecule has 1 aromatic carbocycles. The monoisotopic (exact) mass is 392 g/mol. The van der Waals surface area contributed by atoms with Gasteiger partial charge in [-0.15, -0.1) is 12.4 Å². The van der Waals surface area contributed by atoms with Gasteiger partial charge >= 0.3 is 6.18 Å². The van der Waals surface area contributed by atoms with Gasteiger partial charge in [0.25, 0.3) is 0 Å². The highest BCUT2D eigenvalue weighted by Crippen LogP contribution is 2.57. The lowest BCUT2D eigenvalue weighted by Gasteiger charge is -2.65. The molecule has 0 bridgehead atoms. The summed E-state index contributed by atoms with van der Waals surface area (Å²) < 4.78 is 43.5. The van der Waals surface area contributed by atoms with Crippen LogP contribution in [0.5, 0.6) is 0 Å². The summed E-state index contributed by atoms with van der Waals surface area (Å²) in [5.74, 6) is -0.298. The highest BCUT2D eigenvalue weighted by Gasteiger charge is 2.70. The van der Waals surface area contributed by atoms with Gasteiger partial charge in [0.05, 0.1) is 11.7 Å². The van der Waals surface area contributed by atoms with Crippen LogP contribution in [0, 0.1) is 11.3 Å². The lowest BCUT2D eigenvalue weighted by molar-refractivity contribution is -0.225. The van der Waals surface area contributed by atoms with Gasteiger partial charge in [-0.05, 0) is 30.5 Å². The molecule has 1 saturated carbocycles. The molecule has 1 aliphatic heterocycles. The fraction of sp³-hybridized carbons (Fsp3) is 0.611.